The van der Waals surface area contributed by atoms with E-state index < -0.39 is 17.1 Å². The number of nitrogens with zero attached hydrogens (tertiary/aromatic N) is 2. The van der Waals surface area contributed by atoms with Gasteiger partial charge in [0.2, 0.25) is 5.88 Å². The van der Waals surface area contributed by atoms with Crippen molar-refractivity contribution in [2.45, 2.75) is 12.5 Å². The first-order chi connectivity index (χ1) is 11.4. The number of nitrogens with one attached hydrogen (secondary N) is 2. The van der Waals surface area contributed by atoms with E-state index in [1.54, 1.807) is 18.2 Å². The second-order valence-corrected chi connectivity index (χ2v) is 5.39. The summed E-state index contributed by atoms with van der Waals surface area (Å²) < 4.78 is 5.94. The molecule has 0 saturated heterocycles. The Hall–Kier alpha value is -3.23. The summed E-state index contributed by atoms with van der Waals surface area (Å²) in [6.45, 7) is 0. The van der Waals surface area contributed by atoms with Gasteiger partial charge in [0.05, 0.1) is 18.9 Å². The van der Waals surface area contributed by atoms with Crippen LogP contribution in [0.25, 0.3) is 0 Å². The summed E-state index contributed by atoms with van der Waals surface area (Å²) in [5.74, 6) is -0.0967. The average Bonchev–Trinajstić information content (AvgIpc) is 3.02. The zero-order valence-electron chi connectivity index (χ0n) is 13.0. The van der Waals surface area contributed by atoms with Gasteiger partial charge in [-0.25, -0.2) is 4.79 Å². The molecule has 0 radical (unpaired) electrons. The molecular weight excluding hydrogens is 316 g/mol. The van der Waals surface area contributed by atoms with E-state index in [9.17, 15) is 19.8 Å². The first-order valence-corrected chi connectivity index (χ1v) is 7.14. The highest BCUT2D eigenvalue weighted by Gasteiger charge is 2.27. The largest absolute Gasteiger partial charge is 0.504 e. The lowest BCUT2D eigenvalue weighted by atomic mass is 9.99. The number of phenols is 1. The molecule has 0 bridgehead atoms. The first kappa shape index (κ1) is 15.7. The van der Waals surface area contributed by atoms with Crippen LogP contribution in [0.2, 0.25) is 0 Å². The molecule has 9 nitrogen and oxygen atoms in total. The van der Waals surface area contributed by atoms with Crippen molar-refractivity contribution in [3.05, 3.63) is 50.2 Å². The average molecular weight is 332 g/mol. The summed E-state index contributed by atoms with van der Waals surface area (Å²) in [6, 6.07) is 4.65. The highest BCUT2D eigenvalue weighted by atomic mass is 16.5. The van der Waals surface area contributed by atoms with Crippen LogP contribution >= 0.6 is 0 Å². The number of rotatable bonds is 3. The summed E-state index contributed by atoms with van der Waals surface area (Å²) in [4.78, 5) is 25.6. The Morgan fingerprint density at radius 2 is 2.08 bits per heavy atom. The van der Waals surface area contributed by atoms with E-state index in [1.807, 2.05) is 0 Å². The minimum atomic E-state index is -0.704. The van der Waals surface area contributed by atoms with Crippen molar-refractivity contribution in [2.75, 3.05) is 7.11 Å². The Morgan fingerprint density at radius 1 is 1.33 bits per heavy atom. The second-order valence-electron chi connectivity index (χ2n) is 5.39. The number of benzene rings is 1. The summed E-state index contributed by atoms with van der Waals surface area (Å²) in [6.07, 6.45) is 0.306. The predicted octanol–water partition coefficient (Wildman–Crippen LogP) is -0.0679. The fourth-order valence-electron chi connectivity index (χ4n) is 2.58. The van der Waals surface area contributed by atoms with Crippen molar-refractivity contribution in [1.82, 2.24) is 15.0 Å². The number of H-pyrrole nitrogens is 1. The van der Waals surface area contributed by atoms with Gasteiger partial charge in [-0.1, -0.05) is 6.07 Å². The van der Waals surface area contributed by atoms with Gasteiger partial charge in [0.15, 0.2) is 11.5 Å². The number of hydrazone groups is 1. The standard InChI is InChI=1S/C15H16N4O5/c1-19-14(22)12(13(21)16-15(19)23)9-6-8(17-18-9)7-3-4-11(24-2)10(20)5-7/h3-5,8,17,20,22H,6H2,1-2H3,(H,16,21,23)/t8-/m1/s1. The van der Waals surface area contributed by atoms with Gasteiger partial charge in [0.25, 0.3) is 5.56 Å². The monoisotopic (exact) mass is 332 g/mol. The summed E-state index contributed by atoms with van der Waals surface area (Å²) in [5.41, 5.74) is 2.47. The van der Waals surface area contributed by atoms with Crippen LogP contribution in [-0.4, -0.2) is 32.6 Å². The second kappa shape index (κ2) is 5.76. The van der Waals surface area contributed by atoms with E-state index in [0.29, 0.717) is 17.9 Å². The van der Waals surface area contributed by atoms with Crippen molar-refractivity contribution in [1.29, 1.82) is 0 Å². The number of ether oxygens (including phenoxy) is 1. The number of aromatic amines is 1. The van der Waals surface area contributed by atoms with E-state index in [0.717, 1.165) is 10.1 Å². The molecule has 0 saturated carbocycles. The fourth-order valence-corrected chi connectivity index (χ4v) is 2.58. The highest BCUT2D eigenvalue weighted by Crippen LogP contribution is 2.32. The Morgan fingerprint density at radius 3 is 2.75 bits per heavy atom. The molecule has 24 heavy (non-hydrogen) atoms. The molecule has 0 spiro atoms. The summed E-state index contributed by atoms with van der Waals surface area (Å²) in [7, 11) is 2.80. The molecule has 0 aliphatic carbocycles. The molecular formula is C15H16N4O5. The van der Waals surface area contributed by atoms with Gasteiger partial charge in [-0.15, -0.1) is 0 Å². The minimum Gasteiger partial charge on any atom is -0.504 e. The highest BCUT2D eigenvalue weighted by molar-refractivity contribution is 6.03. The number of hydrogen-bond donors (Lipinski definition) is 4. The maximum Gasteiger partial charge on any atom is 0.330 e. The molecule has 4 N–H and O–H groups in total. The van der Waals surface area contributed by atoms with Gasteiger partial charge in [-0.3, -0.25) is 14.3 Å². The van der Waals surface area contributed by atoms with Gasteiger partial charge in [-0.05, 0) is 17.7 Å². The molecule has 2 aromatic rings. The number of aromatic nitrogens is 2. The van der Waals surface area contributed by atoms with Gasteiger partial charge < -0.3 is 20.4 Å². The molecule has 0 fully saturated rings. The molecule has 1 aliphatic rings. The van der Waals surface area contributed by atoms with Gasteiger partial charge in [-0.2, -0.15) is 5.10 Å². The van der Waals surface area contributed by atoms with Crippen LogP contribution in [0.5, 0.6) is 17.4 Å². The number of hydrogen-bond acceptors (Lipinski definition) is 7. The van der Waals surface area contributed by atoms with Crippen LogP contribution in [0.4, 0.5) is 0 Å². The molecule has 9 heteroatoms. The maximum atomic E-state index is 12.0. The summed E-state index contributed by atoms with van der Waals surface area (Å²) >= 11 is 0. The zero-order valence-corrected chi connectivity index (χ0v) is 13.0. The smallest absolute Gasteiger partial charge is 0.330 e. The predicted molar refractivity (Wildman–Crippen MR) is 85.7 cm³/mol. The Labute approximate surface area is 135 Å². The van der Waals surface area contributed by atoms with Gasteiger partial charge in [0, 0.05) is 13.5 Å². The molecule has 126 valence electrons. The Bertz CT molecular complexity index is 944. The maximum absolute atomic E-state index is 12.0. The molecule has 3 rings (SSSR count). The van der Waals surface area contributed by atoms with Gasteiger partial charge >= 0.3 is 5.69 Å². The van der Waals surface area contributed by atoms with Crippen molar-refractivity contribution >= 4 is 5.71 Å². The number of aromatic hydroxyl groups is 2. The molecule has 2 heterocycles. The van der Waals surface area contributed by atoms with Crippen molar-refractivity contribution < 1.29 is 14.9 Å². The van der Waals surface area contributed by atoms with Crippen LogP contribution < -0.4 is 21.4 Å². The van der Waals surface area contributed by atoms with Crippen LogP contribution in [-0.2, 0) is 7.05 Å². The lowest BCUT2D eigenvalue weighted by Crippen LogP contribution is -2.32. The van der Waals surface area contributed by atoms with Crippen molar-refractivity contribution in [3.8, 4) is 17.4 Å². The molecule has 0 amide bonds. The van der Waals surface area contributed by atoms with Crippen LogP contribution in [0.1, 0.15) is 23.6 Å². The van der Waals surface area contributed by atoms with E-state index in [-0.39, 0.29) is 17.4 Å². The number of methoxy groups -OCH3 is 1. The quantitative estimate of drug-likeness (QED) is 0.623. The number of phenolic OH excluding ortho intramolecular Hbond substituents is 1. The topological polar surface area (TPSA) is 129 Å². The Balaban J connectivity index is 1.91. The Kier molecular flexibility index (Phi) is 3.76. The molecule has 1 aromatic heterocycles. The third kappa shape index (κ3) is 2.49. The third-order valence-electron chi connectivity index (χ3n) is 3.94. The van der Waals surface area contributed by atoms with Gasteiger partial charge in [0.1, 0.15) is 5.56 Å². The third-order valence-corrected chi connectivity index (χ3v) is 3.94. The zero-order chi connectivity index (χ0) is 17.4. The molecule has 1 aromatic carbocycles. The van der Waals surface area contributed by atoms with Crippen molar-refractivity contribution in [3.63, 3.8) is 0 Å². The lowest BCUT2D eigenvalue weighted by molar-refractivity contribution is 0.372. The van der Waals surface area contributed by atoms with E-state index >= 15 is 0 Å². The minimum absolute atomic E-state index is 0.00643. The first-order valence-electron chi connectivity index (χ1n) is 7.14. The molecule has 1 atom stereocenters. The van der Waals surface area contributed by atoms with Crippen LogP contribution in [0.15, 0.2) is 32.9 Å². The van der Waals surface area contributed by atoms with E-state index in [1.165, 1.54) is 14.2 Å². The van der Waals surface area contributed by atoms with E-state index in [2.05, 4.69) is 15.5 Å². The SMILES string of the molecule is COc1ccc([C@H]2CC(c3c(O)n(C)c(=O)[nH]c3=O)=NN2)cc1O. The van der Waals surface area contributed by atoms with Crippen LogP contribution in [0.3, 0.4) is 0 Å². The fraction of sp³-hybridized carbons (Fsp3) is 0.267. The van der Waals surface area contributed by atoms with Crippen LogP contribution in [0, 0.1) is 0 Å². The lowest BCUT2D eigenvalue weighted by Gasteiger charge is -2.12. The molecule has 1 aliphatic heterocycles. The summed E-state index contributed by atoms with van der Waals surface area (Å²) in [5, 5.41) is 24.0. The van der Waals surface area contributed by atoms with E-state index in [4.69, 9.17) is 4.74 Å². The molecule has 0 unspecified atom stereocenters. The van der Waals surface area contributed by atoms with Crippen molar-refractivity contribution in [2.24, 2.45) is 12.1 Å². The normalized spacial score (nSPS) is 16.6.